The van der Waals surface area contributed by atoms with Crippen molar-refractivity contribution < 1.29 is 19.4 Å². The second kappa shape index (κ2) is 6.78. The summed E-state index contributed by atoms with van der Waals surface area (Å²) in [6.45, 7) is 4.94. The predicted molar refractivity (Wildman–Crippen MR) is 65.0 cm³/mol. The first kappa shape index (κ1) is 13.4. The third-order valence-electron chi connectivity index (χ3n) is 2.13. The van der Waals surface area contributed by atoms with E-state index < -0.39 is 5.97 Å². The van der Waals surface area contributed by atoms with E-state index in [4.69, 9.17) is 9.47 Å². The molecule has 0 atom stereocenters. The molecule has 0 bridgehead atoms. The summed E-state index contributed by atoms with van der Waals surface area (Å²) in [4.78, 5) is 11.2. The lowest BCUT2D eigenvalue weighted by Crippen LogP contribution is -2.07. The van der Waals surface area contributed by atoms with Gasteiger partial charge in [-0.05, 0) is 25.0 Å². The van der Waals surface area contributed by atoms with Gasteiger partial charge in [0.25, 0.3) is 0 Å². The first-order chi connectivity index (χ1) is 8.20. The monoisotopic (exact) mass is 238 g/mol. The zero-order valence-electron chi connectivity index (χ0n) is 10.2. The largest absolute Gasteiger partial charge is 0.493 e. The number of carbonyl (C=O) groups is 1. The molecule has 4 nitrogen and oxygen atoms in total. The standard InChI is InChI=1S/C13H18O4/c1-3-8-16-10-6-5-7-11(17-9-4-2)12(10)13(14)15/h5-7H,3-4,8-9H2,1-2H3,(H,14,15). The molecule has 1 N–H and O–H groups in total. The van der Waals surface area contributed by atoms with Crippen molar-refractivity contribution in [3.8, 4) is 11.5 Å². The fourth-order valence-electron chi connectivity index (χ4n) is 1.39. The topological polar surface area (TPSA) is 55.8 Å². The van der Waals surface area contributed by atoms with Gasteiger partial charge in [-0.3, -0.25) is 0 Å². The van der Waals surface area contributed by atoms with Crippen molar-refractivity contribution in [3.63, 3.8) is 0 Å². The van der Waals surface area contributed by atoms with E-state index in [0.29, 0.717) is 24.7 Å². The van der Waals surface area contributed by atoms with Crippen LogP contribution in [0.2, 0.25) is 0 Å². The minimum atomic E-state index is -1.03. The lowest BCUT2D eigenvalue weighted by molar-refractivity contribution is 0.0687. The van der Waals surface area contributed by atoms with E-state index in [-0.39, 0.29) is 5.56 Å². The molecule has 1 rings (SSSR count). The molecule has 0 spiro atoms. The molecule has 1 aromatic carbocycles. The second-order valence-corrected chi connectivity index (χ2v) is 3.63. The summed E-state index contributed by atoms with van der Waals surface area (Å²) >= 11 is 0. The first-order valence-corrected chi connectivity index (χ1v) is 5.82. The van der Waals surface area contributed by atoms with Crippen LogP contribution in [0, 0.1) is 0 Å². The van der Waals surface area contributed by atoms with Gasteiger partial charge in [0.1, 0.15) is 17.1 Å². The molecule has 0 aromatic heterocycles. The molecule has 0 aliphatic heterocycles. The summed E-state index contributed by atoms with van der Waals surface area (Å²) in [5.74, 6) is -0.288. The lowest BCUT2D eigenvalue weighted by atomic mass is 10.2. The maximum atomic E-state index is 11.2. The maximum absolute atomic E-state index is 11.2. The Balaban J connectivity index is 2.99. The van der Waals surface area contributed by atoms with Gasteiger partial charge in [0.05, 0.1) is 13.2 Å². The summed E-state index contributed by atoms with van der Waals surface area (Å²) in [7, 11) is 0. The molecule has 4 heteroatoms. The number of rotatable bonds is 7. The van der Waals surface area contributed by atoms with Crippen molar-refractivity contribution in [3.05, 3.63) is 23.8 Å². The van der Waals surface area contributed by atoms with Crippen LogP contribution in [0.4, 0.5) is 0 Å². The van der Waals surface area contributed by atoms with E-state index in [1.165, 1.54) is 0 Å². The second-order valence-electron chi connectivity index (χ2n) is 3.63. The first-order valence-electron chi connectivity index (χ1n) is 5.82. The minimum absolute atomic E-state index is 0.106. The van der Waals surface area contributed by atoms with Gasteiger partial charge in [-0.2, -0.15) is 0 Å². The average Bonchev–Trinajstić information content (AvgIpc) is 2.33. The molecule has 17 heavy (non-hydrogen) atoms. The number of aromatic carboxylic acids is 1. The van der Waals surface area contributed by atoms with Gasteiger partial charge in [0.2, 0.25) is 0 Å². The molecule has 0 unspecified atom stereocenters. The Morgan fingerprint density at radius 1 is 1.12 bits per heavy atom. The number of benzene rings is 1. The Hall–Kier alpha value is -1.71. The number of carboxylic acid groups (broad SMARTS) is 1. The van der Waals surface area contributed by atoms with Crippen molar-refractivity contribution in [2.75, 3.05) is 13.2 Å². The maximum Gasteiger partial charge on any atom is 0.343 e. The molecule has 0 radical (unpaired) electrons. The van der Waals surface area contributed by atoms with Crippen molar-refractivity contribution in [2.45, 2.75) is 26.7 Å². The SMILES string of the molecule is CCCOc1cccc(OCCC)c1C(=O)O. The smallest absolute Gasteiger partial charge is 0.343 e. The van der Waals surface area contributed by atoms with Gasteiger partial charge in [-0.15, -0.1) is 0 Å². The number of ether oxygens (including phenoxy) is 2. The van der Waals surface area contributed by atoms with Crippen LogP contribution in [0.5, 0.6) is 11.5 Å². The lowest BCUT2D eigenvalue weighted by Gasteiger charge is -2.12. The van der Waals surface area contributed by atoms with Gasteiger partial charge in [0, 0.05) is 0 Å². The highest BCUT2D eigenvalue weighted by Gasteiger charge is 2.17. The zero-order chi connectivity index (χ0) is 12.7. The Morgan fingerprint density at radius 2 is 1.59 bits per heavy atom. The highest BCUT2D eigenvalue weighted by atomic mass is 16.5. The Labute approximate surface area is 101 Å². The van der Waals surface area contributed by atoms with Gasteiger partial charge in [-0.25, -0.2) is 4.79 Å². The molecule has 94 valence electrons. The van der Waals surface area contributed by atoms with Crippen LogP contribution < -0.4 is 9.47 Å². The summed E-state index contributed by atoms with van der Waals surface area (Å²) in [6, 6.07) is 5.04. The number of hydrogen-bond acceptors (Lipinski definition) is 3. The molecule has 0 fully saturated rings. The minimum Gasteiger partial charge on any atom is -0.493 e. The van der Waals surface area contributed by atoms with E-state index >= 15 is 0 Å². The van der Waals surface area contributed by atoms with Crippen molar-refractivity contribution in [1.29, 1.82) is 0 Å². The molecule has 0 saturated carbocycles. The molecule has 0 heterocycles. The zero-order valence-corrected chi connectivity index (χ0v) is 10.2. The summed E-state index contributed by atoms with van der Waals surface area (Å²) in [6.07, 6.45) is 1.66. The Morgan fingerprint density at radius 3 is 1.94 bits per heavy atom. The van der Waals surface area contributed by atoms with Crippen LogP contribution in [-0.4, -0.2) is 24.3 Å². The number of carboxylic acids is 1. The van der Waals surface area contributed by atoms with Crippen LogP contribution in [0.3, 0.4) is 0 Å². The van der Waals surface area contributed by atoms with Crippen molar-refractivity contribution in [2.24, 2.45) is 0 Å². The summed E-state index contributed by atoms with van der Waals surface area (Å²) in [5.41, 5.74) is 0.106. The average molecular weight is 238 g/mol. The third-order valence-corrected chi connectivity index (χ3v) is 2.13. The highest BCUT2D eigenvalue weighted by Crippen LogP contribution is 2.28. The van der Waals surface area contributed by atoms with E-state index in [9.17, 15) is 9.90 Å². The van der Waals surface area contributed by atoms with Crippen LogP contribution >= 0.6 is 0 Å². The quantitative estimate of drug-likeness (QED) is 0.793. The van der Waals surface area contributed by atoms with E-state index in [1.807, 2.05) is 13.8 Å². The van der Waals surface area contributed by atoms with Gasteiger partial charge in [0.15, 0.2) is 0 Å². The van der Waals surface area contributed by atoms with Crippen LogP contribution in [0.1, 0.15) is 37.0 Å². The Kier molecular flexibility index (Phi) is 5.33. The van der Waals surface area contributed by atoms with Crippen LogP contribution in [-0.2, 0) is 0 Å². The molecule has 0 aliphatic carbocycles. The Bertz CT molecular complexity index is 347. The molecule has 0 amide bonds. The molecule has 0 saturated heterocycles. The third kappa shape index (κ3) is 3.66. The van der Waals surface area contributed by atoms with Gasteiger partial charge >= 0.3 is 5.97 Å². The summed E-state index contributed by atoms with van der Waals surface area (Å²) < 4.78 is 10.8. The molecular weight excluding hydrogens is 220 g/mol. The molecular formula is C13H18O4. The van der Waals surface area contributed by atoms with E-state index in [0.717, 1.165) is 12.8 Å². The van der Waals surface area contributed by atoms with Crippen molar-refractivity contribution >= 4 is 5.97 Å². The summed E-state index contributed by atoms with van der Waals surface area (Å²) in [5, 5.41) is 9.19. The number of hydrogen-bond donors (Lipinski definition) is 1. The van der Waals surface area contributed by atoms with E-state index in [1.54, 1.807) is 18.2 Å². The van der Waals surface area contributed by atoms with E-state index in [2.05, 4.69) is 0 Å². The van der Waals surface area contributed by atoms with Crippen LogP contribution in [0.25, 0.3) is 0 Å². The van der Waals surface area contributed by atoms with Gasteiger partial charge < -0.3 is 14.6 Å². The highest BCUT2D eigenvalue weighted by molar-refractivity contribution is 5.94. The van der Waals surface area contributed by atoms with Gasteiger partial charge in [-0.1, -0.05) is 19.9 Å². The fraction of sp³-hybridized carbons (Fsp3) is 0.462. The predicted octanol–water partition coefficient (Wildman–Crippen LogP) is 2.96. The normalized spacial score (nSPS) is 10.0. The molecule has 0 aliphatic rings. The molecule has 1 aromatic rings. The van der Waals surface area contributed by atoms with Crippen LogP contribution in [0.15, 0.2) is 18.2 Å². The fourth-order valence-corrected chi connectivity index (χ4v) is 1.39. The van der Waals surface area contributed by atoms with Crippen molar-refractivity contribution in [1.82, 2.24) is 0 Å².